The molecular formula is C32H35N7O4. The number of hydrogen-bond donors (Lipinski definition) is 2. The molecule has 2 aromatic carbocycles. The molecule has 0 aliphatic carbocycles. The van der Waals surface area contributed by atoms with Crippen LogP contribution in [0.4, 0.5) is 0 Å². The van der Waals surface area contributed by atoms with E-state index in [1.54, 1.807) is 46.2 Å². The summed E-state index contributed by atoms with van der Waals surface area (Å²) in [5.41, 5.74) is 2.27. The number of nitrogens with zero attached hydrogens (tertiary/aromatic N) is 5. The lowest BCUT2D eigenvalue weighted by Gasteiger charge is -2.24. The third kappa shape index (κ3) is 8.03. The first-order valence-electron chi connectivity index (χ1n) is 14.4. The van der Waals surface area contributed by atoms with Gasteiger partial charge >= 0.3 is 0 Å². The Labute approximate surface area is 250 Å². The summed E-state index contributed by atoms with van der Waals surface area (Å²) in [6.07, 6.45) is 4.66. The van der Waals surface area contributed by atoms with Crippen molar-refractivity contribution in [1.29, 1.82) is 0 Å². The van der Waals surface area contributed by atoms with Gasteiger partial charge in [0.2, 0.25) is 11.8 Å². The summed E-state index contributed by atoms with van der Waals surface area (Å²) < 4.78 is 7.69. The van der Waals surface area contributed by atoms with Crippen molar-refractivity contribution in [2.24, 2.45) is 0 Å². The first kappa shape index (κ1) is 29.4. The predicted octanol–water partition coefficient (Wildman–Crippen LogP) is 3.19. The lowest BCUT2D eigenvalue weighted by molar-refractivity contribution is -0.136. The van der Waals surface area contributed by atoms with Gasteiger partial charge in [-0.1, -0.05) is 42.5 Å². The summed E-state index contributed by atoms with van der Waals surface area (Å²) in [4.78, 5) is 49.7. The third-order valence-corrected chi connectivity index (χ3v) is 7.09. The van der Waals surface area contributed by atoms with E-state index in [1.807, 2.05) is 49.4 Å². The second kappa shape index (κ2) is 14.2. The van der Waals surface area contributed by atoms with Crippen molar-refractivity contribution in [3.63, 3.8) is 0 Å². The molecule has 4 aromatic rings. The molecule has 11 nitrogen and oxygen atoms in total. The molecule has 0 saturated heterocycles. The second-order valence-corrected chi connectivity index (χ2v) is 10.3. The molecule has 0 fully saturated rings. The van der Waals surface area contributed by atoms with E-state index in [4.69, 9.17) is 14.8 Å². The average molecular weight is 582 g/mol. The van der Waals surface area contributed by atoms with Crippen LogP contribution in [0.1, 0.15) is 47.6 Å². The number of aryl methyl sites for hydroxylation is 1. The lowest BCUT2D eigenvalue weighted by atomic mass is 10.1. The minimum Gasteiger partial charge on any atom is -0.492 e. The summed E-state index contributed by atoms with van der Waals surface area (Å²) in [5, 5.41) is 10.6. The molecule has 5 rings (SSSR count). The van der Waals surface area contributed by atoms with Crippen LogP contribution in [0.3, 0.4) is 0 Å². The molecule has 2 N–H and O–H groups in total. The molecule has 2 aromatic heterocycles. The summed E-state index contributed by atoms with van der Waals surface area (Å²) in [7, 11) is 0. The van der Waals surface area contributed by atoms with Crippen LogP contribution in [-0.4, -0.2) is 68.6 Å². The molecule has 2 bridgehead atoms. The Kier molecular flexibility index (Phi) is 9.73. The van der Waals surface area contributed by atoms with Gasteiger partial charge in [0.15, 0.2) is 5.82 Å². The van der Waals surface area contributed by atoms with Crippen LogP contribution >= 0.6 is 0 Å². The van der Waals surface area contributed by atoms with Gasteiger partial charge in [-0.05, 0) is 49.6 Å². The Bertz CT molecular complexity index is 1540. The van der Waals surface area contributed by atoms with Crippen molar-refractivity contribution in [1.82, 2.24) is 35.3 Å². The van der Waals surface area contributed by atoms with E-state index in [0.717, 1.165) is 11.1 Å². The maximum Gasteiger partial charge on any atom is 0.251 e. The van der Waals surface area contributed by atoms with E-state index in [2.05, 4.69) is 15.6 Å². The molecule has 222 valence electrons. The van der Waals surface area contributed by atoms with E-state index in [0.29, 0.717) is 55.4 Å². The van der Waals surface area contributed by atoms with E-state index in [-0.39, 0.29) is 37.3 Å². The monoisotopic (exact) mass is 581 g/mol. The minimum atomic E-state index is -0.480. The fourth-order valence-corrected chi connectivity index (χ4v) is 4.87. The van der Waals surface area contributed by atoms with Gasteiger partial charge in [0.1, 0.15) is 18.2 Å². The Morgan fingerprint density at radius 2 is 1.86 bits per heavy atom. The SMILES string of the molecule is C[C@@H]1NC(=O)CN(C(=O)CCc2cccnc2)CCCNC(=O)c2cccc(c2)OCCn2nc(-c3ccccc3)nc21. The zero-order valence-corrected chi connectivity index (χ0v) is 24.1. The Morgan fingerprint density at radius 3 is 2.67 bits per heavy atom. The van der Waals surface area contributed by atoms with Crippen molar-refractivity contribution in [2.75, 3.05) is 26.2 Å². The Morgan fingerprint density at radius 1 is 1.02 bits per heavy atom. The number of nitrogens with one attached hydrogen (secondary N) is 2. The van der Waals surface area contributed by atoms with Crippen molar-refractivity contribution >= 4 is 17.7 Å². The number of amides is 3. The number of rotatable bonds is 4. The third-order valence-electron chi connectivity index (χ3n) is 7.09. The van der Waals surface area contributed by atoms with Crippen molar-refractivity contribution < 1.29 is 19.1 Å². The Hall–Kier alpha value is -5.06. The molecule has 3 heterocycles. The zero-order valence-electron chi connectivity index (χ0n) is 24.1. The molecule has 3 amide bonds. The number of ether oxygens (including phenoxy) is 1. The minimum absolute atomic E-state index is 0.116. The topological polar surface area (TPSA) is 131 Å². The van der Waals surface area contributed by atoms with Gasteiger partial charge in [-0.25, -0.2) is 9.67 Å². The number of carbonyl (C=O) groups excluding carboxylic acids is 3. The number of pyridine rings is 1. The van der Waals surface area contributed by atoms with Crippen LogP contribution < -0.4 is 15.4 Å². The first-order valence-corrected chi connectivity index (χ1v) is 14.4. The van der Waals surface area contributed by atoms with Crippen molar-refractivity contribution in [2.45, 2.75) is 38.8 Å². The van der Waals surface area contributed by atoms with Crippen molar-refractivity contribution in [3.8, 4) is 17.1 Å². The number of aromatic nitrogens is 4. The number of carbonyl (C=O) groups is 3. The molecule has 11 heteroatoms. The van der Waals surface area contributed by atoms with Gasteiger partial charge in [-0.15, -0.1) is 0 Å². The van der Waals surface area contributed by atoms with Gasteiger partial charge < -0.3 is 20.3 Å². The van der Waals surface area contributed by atoms with Crippen LogP contribution in [0.15, 0.2) is 79.1 Å². The number of fused-ring (bicyclic) bond motifs is 3. The van der Waals surface area contributed by atoms with Gasteiger partial charge in [0.25, 0.3) is 5.91 Å². The molecule has 0 spiro atoms. The standard InChI is InChI=1S/C32H35N7O4/c1-23-31-36-30(25-9-3-2-4-10-25)37-39(31)18-19-43-27-12-5-11-26(20-27)32(42)34-16-7-17-38(22-28(40)35-23)29(41)14-13-24-8-6-15-33-21-24/h2-6,8-12,15,20-21,23H,7,13-14,16-19,22H2,1H3,(H,34,42)(H,35,40)/t23-/m0/s1. The van der Waals surface area contributed by atoms with E-state index >= 15 is 0 Å². The average Bonchev–Trinajstić information content (AvgIpc) is 3.46. The lowest BCUT2D eigenvalue weighted by Crippen LogP contribution is -2.43. The number of benzene rings is 2. The first-order chi connectivity index (χ1) is 21.0. The molecule has 0 radical (unpaired) electrons. The van der Waals surface area contributed by atoms with Crippen LogP contribution in [0.25, 0.3) is 11.4 Å². The largest absolute Gasteiger partial charge is 0.492 e. The highest BCUT2D eigenvalue weighted by atomic mass is 16.5. The van der Waals surface area contributed by atoms with Crippen LogP contribution in [0.5, 0.6) is 5.75 Å². The fraction of sp³-hybridized carbons (Fsp3) is 0.312. The van der Waals surface area contributed by atoms with Crippen LogP contribution in [-0.2, 0) is 22.6 Å². The van der Waals surface area contributed by atoms with Gasteiger partial charge in [0.05, 0.1) is 19.1 Å². The molecule has 1 aliphatic heterocycles. The summed E-state index contributed by atoms with van der Waals surface area (Å²) in [6.45, 7) is 3.03. The number of hydrogen-bond acceptors (Lipinski definition) is 7. The second-order valence-electron chi connectivity index (χ2n) is 10.3. The maximum absolute atomic E-state index is 13.3. The fourth-order valence-electron chi connectivity index (χ4n) is 4.87. The molecule has 43 heavy (non-hydrogen) atoms. The molecule has 0 unspecified atom stereocenters. The smallest absolute Gasteiger partial charge is 0.251 e. The zero-order chi connectivity index (χ0) is 30.0. The van der Waals surface area contributed by atoms with E-state index in [1.165, 1.54) is 0 Å². The molecular weight excluding hydrogens is 546 g/mol. The quantitative estimate of drug-likeness (QED) is 0.378. The Balaban J connectivity index is 1.38. The molecule has 0 saturated carbocycles. The summed E-state index contributed by atoms with van der Waals surface area (Å²) >= 11 is 0. The van der Waals surface area contributed by atoms with Gasteiger partial charge in [-0.3, -0.25) is 19.4 Å². The van der Waals surface area contributed by atoms with E-state index < -0.39 is 6.04 Å². The maximum atomic E-state index is 13.3. The summed E-state index contributed by atoms with van der Waals surface area (Å²) in [6, 6.07) is 19.9. The van der Waals surface area contributed by atoms with E-state index in [9.17, 15) is 14.4 Å². The normalized spacial score (nSPS) is 16.6. The van der Waals surface area contributed by atoms with Gasteiger partial charge in [0, 0.05) is 43.0 Å². The summed E-state index contributed by atoms with van der Waals surface area (Å²) in [5.74, 6) is 0.971. The highest BCUT2D eigenvalue weighted by Crippen LogP contribution is 2.20. The predicted molar refractivity (Wildman–Crippen MR) is 160 cm³/mol. The molecule has 1 aliphatic rings. The van der Waals surface area contributed by atoms with Crippen LogP contribution in [0, 0.1) is 0 Å². The van der Waals surface area contributed by atoms with Crippen molar-refractivity contribution in [3.05, 3.63) is 96.1 Å². The van der Waals surface area contributed by atoms with Crippen LogP contribution in [0.2, 0.25) is 0 Å². The highest BCUT2D eigenvalue weighted by Gasteiger charge is 2.23. The van der Waals surface area contributed by atoms with Gasteiger partial charge in [-0.2, -0.15) is 5.10 Å². The molecule has 1 atom stereocenters. The highest BCUT2D eigenvalue weighted by molar-refractivity contribution is 5.94.